The number of hydrogen-bond acceptors (Lipinski definition) is 5. The fourth-order valence-electron chi connectivity index (χ4n) is 2.88. The second kappa shape index (κ2) is 10.2. The molecular formula is C22H23FN4O5S2. The number of anilines is 3. The normalized spacial score (nSPS) is 11.8. The Morgan fingerprint density at radius 2 is 1.38 bits per heavy atom. The molecule has 2 N–H and O–H groups in total. The minimum Gasteiger partial charge on any atom is -0.325 e. The van der Waals surface area contributed by atoms with Gasteiger partial charge in [-0.05, 0) is 60.7 Å². The van der Waals surface area contributed by atoms with E-state index in [0.29, 0.717) is 5.69 Å². The molecule has 0 atom stereocenters. The van der Waals surface area contributed by atoms with Crippen LogP contribution < -0.4 is 14.3 Å². The van der Waals surface area contributed by atoms with E-state index in [1.54, 1.807) is 30.3 Å². The van der Waals surface area contributed by atoms with Crippen LogP contribution in [0.25, 0.3) is 0 Å². The number of benzene rings is 3. The second-order valence-corrected chi connectivity index (χ2v) is 11.1. The van der Waals surface area contributed by atoms with Gasteiger partial charge in [0.05, 0.1) is 10.6 Å². The van der Waals surface area contributed by atoms with Gasteiger partial charge in [-0.25, -0.2) is 17.1 Å². The Morgan fingerprint density at radius 3 is 1.94 bits per heavy atom. The van der Waals surface area contributed by atoms with Crippen molar-refractivity contribution in [3.63, 3.8) is 0 Å². The van der Waals surface area contributed by atoms with Crippen LogP contribution in [0, 0.1) is 5.82 Å². The largest absolute Gasteiger partial charge is 0.325 e. The molecule has 0 aliphatic heterocycles. The number of rotatable bonds is 9. The second-order valence-electron chi connectivity index (χ2n) is 7.32. The first kappa shape index (κ1) is 25.1. The molecule has 0 heterocycles. The minimum atomic E-state index is -3.94. The summed E-state index contributed by atoms with van der Waals surface area (Å²) >= 11 is 0. The quantitative estimate of drug-likeness (QED) is 0.463. The molecule has 0 bridgehead atoms. The lowest BCUT2D eigenvalue weighted by Crippen LogP contribution is -2.44. The van der Waals surface area contributed by atoms with Crippen LogP contribution in [-0.4, -0.2) is 47.7 Å². The summed E-state index contributed by atoms with van der Waals surface area (Å²) in [5.74, 6) is -1.11. The van der Waals surface area contributed by atoms with Gasteiger partial charge in [-0.3, -0.25) is 9.52 Å². The molecule has 180 valence electrons. The Bertz CT molecular complexity index is 1350. The fourth-order valence-corrected chi connectivity index (χ4v) is 5.00. The summed E-state index contributed by atoms with van der Waals surface area (Å²) in [6.45, 7) is -0.489. The Balaban J connectivity index is 1.72. The topological polar surface area (TPSA) is 116 Å². The zero-order valence-corrected chi connectivity index (χ0v) is 20.0. The van der Waals surface area contributed by atoms with E-state index in [1.165, 1.54) is 50.5 Å². The van der Waals surface area contributed by atoms with Crippen LogP contribution in [0.3, 0.4) is 0 Å². The number of halogens is 1. The van der Waals surface area contributed by atoms with Crippen LogP contribution >= 0.6 is 0 Å². The molecule has 0 spiro atoms. The van der Waals surface area contributed by atoms with Gasteiger partial charge in [0.2, 0.25) is 5.91 Å². The van der Waals surface area contributed by atoms with Crippen molar-refractivity contribution in [2.45, 2.75) is 4.90 Å². The number of para-hydroxylation sites is 1. The molecule has 0 saturated carbocycles. The van der Waals surface area contributed by atoms with E-state index in [9.17, 15) is 26.0 Å². The van der Waals surface area contributed by atoms with Crippen LogP contribution in [0.4, 0.5) is 21.5 Å². The third kappa shape index (κ3) is 6.10. The van der Waals surface area contributed by atoms with Crippen molar-refractivity contribution in [2.75, 3.05) is 35.0 Å². The highest BCUT2D eigenvalue weighted by molar-refractivity contribution is 7.92. The SMILES string of the molecule is CN(C)S(=O)(=O)N(CC(=O)Nc1ccc(S(=O)(=O)Nc2ccc(F)cc2)cc1)c1ccccc1. The highest BCUT2D eigenvalue weighted by atomic mass is 32.2. The molecule has 34 heavy (non-hydrogen) atoms. The molecule has 3 rings (SSSR count). The van der Waals surface area contributed by atoms with Crippen molar-refractivity contribution in [1.29, 1.82) is 0 Å². The first-order chi connectivity index (χ1) is 16.0. The van der Waals surface area contributed by atoms with Crippen molar-refractivity contribution in [3.05, 3.63) is 84.7 Å². The van der Waals surface area contributed by atoms with Crippen LogP contribution in [0.15, 0.2) is 83.8 Å². The lowest BCUT2D eigenvalue weighted by Gasteiger charge is -2.26. The molecular weight excluding hydrogens is 483 g/mol. The van der Waals surface area contributed by atoms with E-state index >= 15 is 0 Å². The molecule has 0 aliphatic carbocycles. The maximum Gasteiger partial charge on any atom is 0.304 e. The molecule has 0 aliphatic rings. The summed E-state index contributed by atoms with van der Waals surface area (Å²) in [5, 5.41) is 2.57. The average molecular weight is 507 g/mol. The van der Waals surface area contributed by atoms with Crippen molar-refractivity contribution < 1.29 is 26.0 Å². The van der Waals surface area contributed by atoms with E-state index in [0.717, 1.165) is 20.7 Å². The summed E-state index contributed by atoms with van der Waals surface area (Å²) in [4.78, 5) is 12.5. The standard InChI is InChI=1S/C22H23FN4O5S2/c1-26(2)34(31,32)27(20-6-4-3-5-7-20)16-22(28)24-18-12-14-21(15-13-18)33(29,30)25-19-10-8-17(23)9-11-19/h3-15,25H,16H2,1-2H3,(H,24,28). The predicted molar refractivity (Wildman–Crippen MR) is 129 cm³/mol. The Kier molecular flexibility index (Phi) is 7.54. The highest BCUT2D eigenvalue weighted by Crippen LogP contribution is 2.21. The van der Waals surface area contributed by atoms with Gasteiger partial charge in [-0.1, -0.05) is 18.2 Å². The number of nitrogens with one attached hydrogen (secondary N) is 2. The van der Waals surface area contributed by atoms with Crippen molar-refractivity contribution in [3.8, 4) is 0 Å². The molecule has 3 aromatic carbocycles. The summed E-state index contributed by atoms with van der Waals surface area (Å²) in [5.41, 5.74) is 0.794. The number of amides is 1. The lowest BCUT2D eigenvalue weighted by atomic mass is 10.3. The van der Waals surface area contributed by atoms with Crippen molar-refractivity contribution in [1.82, 2.24) is 4.31 Å². The maximum absolute atomic E-state index is 13.0. The Labute approximate surface area is 198 Å². The molecule has 0 unspecified atom stereocenters. The van der Waals surface area contributed by atoms with Crippen LogP contribution in [-0.2, 0) is 25.0 Å². The molecule has 12 heteroatoms. The zero-order chi connectivity index (χ0) is 24.9. The van der Waals surface area contributed by atoms with Gasteiger partial charge < -0.3 is 5.32 Å². The monoisotopic (exact) mass is 506 g/mol. The average Bonchev–Trinajstić information content (AvgIpc) is 2.79. The van der Waals surface area contributed by atoms with Gasteiger partial charge in [-0.2, -0.15) is 12.7 Å². The summed E-state index contributed by atoms with van der Waals surface area (Å²) in [6, 6.07) is 18.4. The molecule has 9 nitrogen and oxygen atoms in total. The third-order valence-electron chi connectivity index (χ3n) is 4.62. The van der Waals surface area contributed by atoms with Crippen molar-refractivity contribution >= 4 is 43.2 Å². The molecule has 0 saturated heterocycles. The van der Waals surface area contributed by atoms with Gasteiger partial charge >= 0.3 is 10.2 Å². The highest BCUT2D eigenvalue weighted by Gasteiger charge is 2.27. The van der Waals surface area contributed by atoms with Crippen LogP contribution in [0.5, 0.6) is 0 Å². The minimum absolute atomic E-state index is 0.0732. The number of sulfonamides is 1. The number of carbonyl (C=O) groups excluding carboxylic acids is 1. The molecule has 0 aromatic heterocycles. The first-order valence-corrected chi connectivity index (χ1v) is 12.8. The third-order valence-corrected chi connectivity index (χ3v) is 7.83. The van der Waals surface area contributed by atoms with Gasteiger partial charge in [0.1, 0.15) is 12.4 Å². The molecule has 3 aromatic rings. The molecule has 0 radical (unpaired) electrons. The summed E-state index contributed by atoms with van der Waals surface area (Å²) in [7, 11) is -5.15. The predicted octanol–water partition coefficient (Wildman–Crippen LogP) is 2.88. The first-order valence-electron chi connectivity index (χ1n) is 9.92. The van der Waals surface area contributed by atoms with E-state index in [1.807, 2.05) is 0 Å². The van der Waals surface area contributed by atoms with E-state index < -0.39 is 38.5 Å². The van der Waals surface area contributed by atoms with E-state index in [4.69, 9.17) is 0 Å². The summed E-state index contributed by atoms with van der Waals surface area (Å²) in [6.07, 6.45) is 0. The smallest absolute Gasteiger partial charge is 0.304 e. The zero-order valence-electron chi connectivity index (χ0n) is 18.3. The van der Waals surface area contributed by atoms with Gasteiger partial charge in [0.15, 0.2) is 0 Å². The Morgan fingerprint density at radius 1 is 0.824 bits per heavy atom. The summed E-state index contributed by atoms with van der Waals surface area (Å²) < 4.78 is 67.8. The van der Waals surface area contributed by atoms with Crippen LogP contribution in [0.1, 0.15) is 0 Å². The number of carbonyl (C=O) groups is 1. The van der Waals surface area contributed by atoms with E-state index in [2.05, 4.69) is 10.0 Å². The fraction of sp³-hybridized carbons (Fsp3) is 0.136. The molecule has 1 amide bonds. The lowest BCUT2D eigenvalue weighted by molar-refractivity contribution is -0.114. The Hall–Kier alpha value is -3.48. The number of nitrogens with zero attached hydrogens (tertiary/aromatic N) is 2. The van der Waals surface area contributed by atoms with Gasteiger partial charge in [0.25, 0.3) is 10.0 Å². The maximum atomic E-state index is 13.0. The van der Waals surface area contributed by atoms with E-state index in [-0.39, 0.29) is 16.3 Å². The van der Waals surface area contributed by atoms with Crippen molar-refractivity contribution in [2.24, 2.45) is 0 Å². The van der Waals surface area contributed by atoms with Gasteiger partial charge in [0, 0.05) is 25.5 Å². The van der Waals surface area contributed by atoms with Crippen LogP contribution in [0.2, 0.25) is 0 Å². The van der Waals surface area contributed by atoms with Gasteiger partial charge in [-0.15, -0.1) is 0 Å². The molecule has 0 fully saturated rings. The number of hydrogen-bond donors (Lipinski definition) is 2.